The van der Waals surface area contributed by atoms with Crippen LogP contribution in [-0.4, -0.2) is 36.7 Å². The third kappa shape index (κ3) is 3.85. The number of anilines is 2. The zero-order chi connectivity index (χ0) is 20.6. The number of aryl methyl sites for hydroxylation is 1. The van der Waals surface area contributed by atoms with Crippen LogP contribution in [0.25, 0.3) is 10.9 Å². The number of methoxy groups -OCH3 is 1. The van der Waals surface area contributed by atoms with E-state index in [1.807, 2.05) is 31.2 Å². The smallest absolute Gasteiger partial charge is 0.272 e. The molecule has 5 nitrogen and oxygen atoms in total. The van der Waals surface area contributed by atoms with Gasteiger partial charge in [-0.3, -0.25) is 4.79 Å². The first-order valence-electron chi connectivity index (χ1n) is 9.88. The second-order valence-electron chi connectivity index (χ2n) is 7.98. The number of halogens is 1. The molecule has 1 aliphatic rings. The summed E-state index contributed by atoms with van der Waals surface area (Å²) in [7, 11) is 1.77. The monoisotopic (exact) mass is 395 g/mol. The molecular formula is C23H26FN3O2. The lowest BCUT2D eigenvalue weighted by Crippen LogP contribution is -2.43. The maximum atomic E-state index is 14.0. The molecule has 1 fully saturated rings. The number of benzene rings is 2. The van der Waals surface area contributed by atoms with Crippen LogP contribution in [0.15, 0.2) is 42.5 Å². The fourth-order valence-electron chi connectivity index (χ4n) is 3.87. The van der Waals surface area contributed by atoms with Crippen molar-refractivity contribution < 1.29 is 13.9 Å². The van der Waals surface area contributed by atoms with Gasteiger partial charge in [0.2, 0.25) is 0 Å². The molecule has 6 heteroatoms. The van der Waals surface area contributed by atoms with Gasteiger partial charge in [-0.2, -0.15) is 0 Å². The minimum atomic E-state index is -0.337. The third-order valence-corrected chi connectivity index (χ3v) is 5.98. The van der Waals surface area contributed by atoms with Gasteiger partial charge >= 0.3 is 0 Å². The number of hydrogen-bond donors (Lipinski definition) is 2. The number of ether oxygens (including phenoxy) is 1. The number of hydrogen-bond acceptors (Lipinski definition) is 3. The van der Waals surface area contributed by atoms with Gasteiger partial charge in [0.15, 0.2) is 0 Å². The summed E-state index contributed by atoms with van der Waals surface area (Å²) in [4.78, 5) is 18.1. The molecule has 0 bridgehead atoms. The molecule has 1 aliphatic heterocycles. The van der Waals surface area contributed by atoms with Gasteiger partial charge in [0.05, 0.1) is 11.1 Å². The number of carbonyl (C=O) groups excluding carboxylic acids is 1. The molecule has 0 aliphatic carbocycles. The molecule has 152 valence electrons. The second kappa shape index (κ2) is 7.52. The lowest BCUT2D eigenvalue weighted by Gasteiger charge is -2.39. The number of piperidine rings is 1. The molecule has 0 spiro atoms. The quantitative estimate of drug-likeness (QED) is 0.662. The summed E-state index contributed by atoms with van der Waals surface area (Å²) in [6.45, 7) is 5.84. The maximum absolute atomic E-state index is 14.0. The number of fused-ring (bicyclic) bond motifs is 1. The van der Waals surface area contributed by atoms with Crippen LogP contribution in [0.5, 0.6) is 0 Å². The Morgan fingerprint density at radius 3 is 2.66 bits per heavy atom. The normalized spacial score (nSPS) is 16.2. The van der Waals surface area contributed by atoms with Gasteiger partial charge in [-0.05, 0) is 62.6 Å². The highest BCUT2D eigenvalue weighted by molar-refractivity contribution is 6.06. The van der Waals surface area contributed by atoms with Crippen molar-refractivity contribution >= 4 is 28.2 Å². The molecule has 1 aromatic heterocycles. The molecule has 2 aromatic carbocycles. The van der Waals surface area contributed by atoms with E-state index in [2.05, 4.69) is 22.1 Å². The standard InChI is InChI=1S/C23H26FN3O2/c1-15-7-8-19(24)18-14-20(26-21(15)18)22(28)25-16-5-4-6-17(13-16)27-11-9-23(2,29-3)10-12-27/h4-8,13-14,26H,9-12H2,1-3H3,(H,25,28). The van der Waals surface area contributed by atoms with Crippen molar-refractivity contribution in [1.82, 2.24) is 4.98 Å². The molecule has 1 saturated heterocycles. The van der Waals surface area contributed by atoms with Crippen LogP contribution in [0.2, 0.25) is 0 Å². The highest BCUT2D eigenvalue weighted by atomic mass is 19.1. The summed E-state index contributed by atoms with van der Waals surface area (Å²) in [6, 6.07) is 12.5. The summed E-state index contributed by atoms with van der Waals surface area (Å²) in [5.41, 5.74) is 3.61. The number of nitrogens with zero attached hydrogens (tertiary/aromatic N) is 1. The number of aromatic nitrogens is 1. The SMILES string of the molecule is COC1(C)CCN(c2cccc(NC(=O)c3cc4c(F)ccc(C)c4[nH]3)c2)CC1. The zero-order valence-electron chi connectivity index (χ0n) is 17.0. The second-order valence-corrected chi connectivity index (χ2v) is 7.98. The number of aromatic amines is 1. The molecule has 2 N–H and O–H groups in total. The third-order valence-electron chi connectivity index (χ3n) is 5.98. The van der Waals surface area contributed by atoms with Gasteiger partial charge in [0.1, 0.15) is 11.5 Å². The van der Waals surface area contributed by atoms with Crippen molar-refractivity contribution in [3.8, 4) is 0 Å². The summed E-state index contributed by atoms with van der Waals surface area (Å²) in [5, 5.41) is 3.35. The Morgan fingerprint density at radius 2 is 1.97 bits per heavy atom. The highest BCUT2D eigenvalue weighted by Crippen LogP contribution is 2.30. The van der Waals surface area contributed by atoms with Crippen molar-refractivity contribution in [1.29, 1.82) is 0 Å². The van der Waals surface area contributed by atoms with E-state index in [0.29, 0.717) is 22.3 Å². The fourth-order valence-corrected chi connectivity index (χ4v) is 3.87. The van der Waals surface area contributed by atoms with Crippen molar-refractivity contribution in [2.45, 2.75) is 32.3 Å². The fraction of sp³-hybridized carbons (Fsp3) is 0.348. The summed E-state index contributed by atoms with van der Waals surface area (Å²) in [6.07, 6.45) is 1.92. The first-order valence-corrected chi connectivity index (χ1v) is 9.88. The summed E-state index contributed by atoms with van der Waals surface area (Å²) in [5.74, 6) is -0.626. The zero-order valence-corrected chi connectivity index (χ0v) is 17.0. The number of amides is 1. The molecule has 29 heavy (non-hydrogen) atoms. The Hall–Kier alpha value is -2.86. The lowest BCUT2D eigenvalue weighted by molar-refractivity contribution is -0.0132. The van der Waals surface area contributed by atoms with E-state index in [1.165, 1.54) is 6.07 Å². The van der Waals surface area contributed by atoms with Gasteiger partial charge in [0, 0.05) is 37.0 Å². The number of H-pyrrole nitrogens is 1. The van der Waals surface area contributed by atoms with Crippen LogP contribution in [0, 0.1) is 12.7 Å². The number of nitrogens with one attached hydrogen (secondary N) is 2. The van der Waals surface area contributed by atoms with Crippen LogP contribution in [0.1, 0.15) is 35.8 Å². The predicted molar refractivity (Wildman–Crippen MR) is 114 cm³/mol. The van der Waals surface area contributed by atoms with Crippen molar-refractivity contribution in [2.75, 3.05) is 30.4 Å². The Bertz CT molecular complexity index is 1010. The molecule has 0 radical (unpaired) electrons. The van der Waals surface area contributed by atoms with Gasteiger partial charge < -0.3 is 19.9 Å². The van der Waals surface area contributed by atoms with Crippen molar-refractivity contribution in [2.24, 2.45) is 0 Å². The van der Waals surface area contributed by atoms with E-state index in [1.54, 1.807) is 19.2 Å². The van der Waals surface area contributed by atoms with E-state index in [9.17, 15) is 9.18 Å². The topological polar surface area (TPSA) is 57.4 Å². The molecule has 0 atom stereocenters. The van der Waals surface area contributed by atoms with Gasteiger partial charge in [-0.15, -0.1) is 0 Å². The summed E-state index contributed by atoms with van der Waals surface area (Å²) < 4.78 is 19.7. The van der Waals surface area contributed by atoms with Gasteiger partial charge in [-0.25, -0.2) is 4.39 Å². The first-order chi connectivity index (χ1) is 13.9. The van der Waals surface area contributed by atoms with E-state index in [4.69, 9.17) is 4.74 Å². The molecule has 3 aromatic rings. The molecule has 2 heterocycles. The van der Waals surface area contributed by atoms with Crippen LogP contribution in [0.3, 0.4) is 0 Å². The van der Waals surface area contributed by atoms with Crippen LogP contribution >= 0.6 is 0 Å². The number of rotatable bonds is 4. The van der Waals surface area contributed by atoms with Crippen LogP contribution < -0.4 is 10.2 Å². The van der Waals surface area contributed by atoms with E-state index >= 15 is 0 Å². The summed E-state index contributed by atoms with van der Waals surface area (Å²) >= 11 is 0. The largest absolute Gasteiger partial charge is 0.378 e. The molecule has 0 saturated carbocycles. The van der Waals surface area contributed by atoms with Crippen LogP contribution in [-0.2, 0) is 4.74 Å². The Morgan fingerprint density at radius 1 is 1.21 bits per heavy atom. The number of carbonyl (C=O) groups is 1. The van der Waals surface area contributed by atoms with Crippen molar-refractivity contribution in [3.05, 3.63) is 59.5 Å². The highest BCUT2D eigenvalue weighted by Gasteiger charge is 2.29. The average Bonchev–Trinajstić information content (AvgIpc) is 3.19. The van der Waals surface area contributed by atoms with E-state index in [0.717, 1.165) is 37.2 Å². The first kappa shape index (κ1) is 19.5. The predicted octanol–water partition coefficient (Wildman–Crippen LogP) is 4.87. The molecule has 4 rings (SSSR count). The Labute approximate surface area is 169 Å². The molecule has 0 unspecified atom stereocenters. The van der Waals surface area contributed by atoms with Gasteiger partial charge in [0.25, 0.3) is 5.91 Å². The minimum Gasteiger partial charge on any atom is -0.378 e. The molecule has 1 amide bonds. The minimum absolute atomic E-state index is 0.0641. The Kier molecular flexibility index (Phi) is 5.04. The molecular weight excluding hydrogens is 369 g/mol. The van der Waals surface area contributed by atoms with Crippen LogP contribution in [0.4, 0.5) is 15.8 Å². The maximum Gasteiger partial charge on any atom is 0.272 e. The van der Waals surface area contributed by atoms with Crippen molar-refractivity contribution in [3.63, 3.8) is 0 Å². The lowest BCUT2D eigenvalue weighted by atomic mass is 9.93. The Balaban J connectivity index is 1.50. The van der Waals surface area contributed by atoms with E-state index < -0.39 is 0 Å². The average molecular weight is 395 g/mol. The van der Waals surface area contributed by atoms with E-state index in [-0.39, 0.29) is 17.3 Å². The van der Waals surface area contributed by atoms with Gasteiger partial charge in [-0.1, -0.05) is 12.1 Å².